The van der Waals surface area contributed by atoms with Crippen molar-refractivity contribution >= 4 is 19.8 Å². The summed E-state index contributed by atoms with van der Waals surface area (Å²) >= 11 is 0. The summed E-state index contributed by atoms with van der Waals surface area (Å²) in [5.74, 6) is -0.800. The van der Waals surface area contributed by atoms with E-state index in [0.29, 0.717) is 12.8 Å². The first-order valence-corrected chi connectivity index (χ1v) is 21.5. The summed E-state index contributed by atoms with van der Waals surface area (Å²) in [5, 5.41) is 0. The van der Waals surface area contributed by atoms with Gasteiger partial charge in [-0.05, 0) is 45.4 Å². The summed E-state index contributed by atoms with van der Waals surface area (Å²) in [6, 6.07) is 0. The van der Waals surface area contributed by atoms with Gasteiger partial charge in [-0.2, -0.15) is 0 Å². The fraction of sp³-hybridized carbons (Fsp3) is 0.897. The maximum absolute atomic E-state index is 12.5. The molecule has 9 heteroatoms. The number of ether oxygens (including phenoxy) is 2. The van der Waals surface area contributed by atoms with E-state index in [1.54, 1.807) is 6.92 Å². The molecular weight excluding hydrogens is 627 g/mol. The van der Waals surface area contributed by atoms with E-state index < -0.39 is 26.5 Å². The van der Waals surface area contributed by atoms with Gasteiger partial charge in [-0.3, -0.25) is 18.6 Å². The van der Waals surface area contributed by atoms with Gasteiger partial charge in [-0.15, -0.1) is 0 Å². The van der Waals surface area contributed by atoms with Crippen LogP contribution >= 0.6 is 7.82 Å². The minimum Gasteiger partial charge on any atom is -0.462 e. The molecule has 0 heterocycles. The van der Waals surface area contributed by atoms with Crippen LogP contribution in [0.4, 0.5) is 0 Å². The number of phosphoric acid groups is 1. The standard InChI is InChI=1S/C39H75O8P/c1-4-7-9-11-13-15-17-19-21-23-25-27-29-31-33-38(40)44-35-37(36-46-48(42,43)45-6-3)47-39(41)34-32-30-28-26-24-22-20-18-16-14-12-10-8-5-2/h18,20,37H,4-17,19,21-36H2,1-3H3,(H,42,43)/b20-18-. The van der Waals surface area contributed by atoms with Gasteiger partial charge in [-0.1, -0.05) is 154 Å². The third-order valence-corrected chi connectivity index (χ3v) is 9.63. The number of phosphoric ester groups is 1. The van der Waals surface area contributed by atoms with Crippen LogP contribution in [-0.4, -0.2) is 42.8 Å². The number of hydrogen-bond donors (Lipinski definition) is 1. The minimum atomic E-state index is -4.27. The zero-order valence-electron chi connectivity index (χ0n) is 31.4. The number of rotatable bonds is 37. The second kappa shape index (κ2) is 35.6. The largest absolute Gasteiger partial charge is 0.472 e. The smallest absolute Gasteiger partial charge is 0.462 e. The predicted molar refractivity (Wildman–Crippen MR) is 198 cm³/mol. The van der Waals surface area contributed by atoms with Crippen molar-refractivity contribution in [1.82, 2.24) is 0 Å². The Labute approximate surface area is 295 Å². The maximum Gasteiger partial charge on any atom is 0.472 e. The van der Waals surface area contributed by atoms with E-state index >= 15 is 0 Å². The fourth-order valence-corrected chi connectivity index (χ4v) is 6.38. The summed E-state index contributed by atoms with van der Waals surface area (Å²) in [4.78, 5) is 34.6. The summed E-state index contributed by atoms with van der Waals surface area (Å²) in [6.45, 7) is 5.46. The number of allylic oxidation sites excluding steroid dienone is 2. The second-order valence-corrected chi connectivity index (χ2v) is 14.8. The number of carbonyl (C=O) groups excluding carboxylic acids is 2. The Hall–Kier alpha value is -1.21. The Morgan fingerprint density at radius 2 is 0.938 bits per heavy atom. The highest BCUT2D eigenvalue weighted by Gasteiger charge is 2.25. The molecule has 0 saturated carbocycles. The van der Waals surface area contributed by atoms with Crippen LogP contribution in [0.5, 0.6) is 0 Å². The Balaban J connectivity index is 4.12. The van der Waals surface area contributed by atoms with Crippen molar-refractivity contribution < 1.29 is 37.6 Å². The molecule has 0 amide bonds. The minimum absolute atomic E-state index is 0.00181. The van der Waals surface area contributed by atoms with Crippen molar-refractivity contribution in [2.45, 2.75) is 207 Å². The maximum atomic E-state index is 12.5. The summed E-state index contributed by atoms with van der Waals surface area (Å²) in [6.07, 6.45) is 35.4. The van der Waals surface area contributed by atoms with Gasteiger partial charge >= 0.3 is 19.8 Å². The first-order valence-electron chi connectivity index (χ1n) is 20.0. The van der Waals surface area contributed by atoms with E-state index in [1.807, 2.05) is 0 Å². The highest BCUT2D eigenvalue weighted by molar-refractivity contribution is 7.47. The van der Waals surface area contributed by atoms with Gasteiger partial charge in [-0.25, -0.2) is 4.57 Å². The summed E-state index contributed by atoms with van der Waals surface area (Å²) < 4.78 is 32.5. The van der Waals surface area contributed by atoms with E-state index in [2.05, 4.69) is 26.0 Å². The van der Waals surface area contributed by atoms with Crippen LogP contribution in [0.2, 0.25) is 0 Å². The fourth-order valence-electron chi connectivity index (χ4n) is 5.62. The SMILES string of the molecule is CCCCCCC/C=C\CCCCCCCC(=O)OC(COC(=O)CCCCCCCCCCCCCCCC)COP(=O)(O)OCC. The molecule has 0 aliphatic heterocycles. The molecule has 48 heavy (non-hydrogen) atoms. The average Bonchev–Trinajstić information content (AvgIpc) is 3.06. The first-order chi connectivity index (χ1) is 23.3. The zero-order chi connectivity index (χ0) is 35.4. The normalized spacial score (nSPS) is 13.5. The topological polar surface area (TPSA) is 108 Å². The molecule has 0 bridgehead atoms. The van der Waals surface area contributed by atoms with Crippen molar-refractivity contribution in [1.29, 1.82) is 0 Å². The molecule has 0 aromatic heterocycles. The lowest BCUT2D eigenvalue weighted by molar-refractivity contribution is -0.161. The first kappa shape index (κ1) is 46.8. The van der Waals surface area contributed by atoms with E-state index in [-0.39, 0.29) is 25.6 Å². The van der Waals surface area contributed by atoms with Gasteiger partial charge in [0.2, 0.25) is 0 Å². The lowest BCUT2D eigenvalue weighted by atomic mass is 10.0. The predicted octanol–water partition coefficient (Wildman–Crippen LogP) is 12.1. The quantitative estimate of drug-likeness (QED) is 0.0295. The summed E-state index contributed by atoms with van der Waals surface area (Å²) in [5.41, 5.74) is 0. The third-order valence-electron chi connectivity index (χ3n) is 8.57. The lowest BCUT2D eigenvalue weighted by Gasteiger charge is -2.19. The van der Waals surface area contributed by atoms with Crippen molar-refractivity contribution in [3.05, 3.63) is 12.2 Å². The Kier molecular flexibility index (Phi) is 34.7. The van der Waals surface area contributed by atoms with Crippen LogP contribution in [-0.2, 0) is 32.7 Å². The van der Waals surface area contributed by atoms with Gasteiger partial charge in [0.1, 0.15) is 6.61 Å². The van der Waals surface area contributed by atoms with Crippen molar-refractivity contribution in [3.8, 4) is 0 Å². The Morgan fingerprint density at radius 1 is 0.542 bits per heavy atom. The zero-order valence-corrected chi connectivity index (χ0v) is 32.3. The van der Waals surface area contributed by atoms with Crippen LogP contribution < -0.4 is 0 Å². The molecule has 0 radical (unpaired) electrons. The molecule has 0 aliphatic carbocycles. The van der Waals surface area contributed by atoms with E-state index in [1.165, 1.54) is 109 Å². The molecule has 284 valence electrons. The molecule has 0 saturated heterocycles. The monoisotopic (exact) mass is 703 g/mol. The Bertz CT molecular complexity index is 803. The van der Waals surface area contributed by atoms with Crippen molar-refractivity contribution in [2.24, 2.45) is 0 Å². The van der Waals surface area contributed by atoms with Crippen molar-refractivity contribution in [2.75, 3.05) is 19.8 Å². The number of carbonyl (C=O) groups is 2. The average molecular weight is 703 g/mol. The van der Waals surface area contributed by atoms with E-state index in [0.717, 1.165) is 51.4 Å². The van der Waals surface area contributed by atoms with Crippen LogP contribution in [0.25, 0.3) is 0 Å². The third kappa shape index (κ3) is 34.6. The highest BCUT2D eigenvalue weighted by atomic mass is 31.2. The van der Waals surface area contributed by atoms with Crippen LogP contribution in [0.1, 0.15) is 201 Å². The number of unbranched alkanes of at least 4 members (excludes halogenated alkanes) is 23. The van der Waals surface area contributed by atoms with Gasteiger partial charge < -0.3 is 14.4 Å². The second-order valence-electron chi connectivity index (χ2n) is 13.3. The lowest BCUT2D eigenvalue weighted by Crippen LogP contribution is -2.29. The molecule has 0 aromatic carbocycles. The molecule has 0 aromatic rings. The number of hydrogen-bond acceptors (Lipinski definition) is 7. The molecule has 2 atom stereocenters. The molecule has 0 spiro atoms. The molecule has 0 aliphatic rings. The number of esters is 2. The molecule has 8 nitrogen and oxygen atoms in total. The van der Waals surface area contributed by atoms with Crippen LogP contribution in [0, 0.1) is 0 Å². The van der Waals surface area contributed by atoms with E-state index in [4.69, 9.17) is 18.5 Å². The van der Waals surface area contributed by atoms with Gasteiger partial charge in [0.15, 0.2) is 6.10 Å². The molecule has 0 rings (SSSR count). The molecule has 0 fully saturated rings. The molecule has 2 unspecified atom stereocenters. The Morgan fingerprint density at radius 3 is 1.38 bits per heavy atom. The van der Waals surface area contributed by atoms with Crippen molar-refractivity contribution in [3.63, 3.8) is 0 Å². The van der Waals surface area contributed by atoms with Gasteiger partial charge in [0.25, 0.3) is 0 Å². The van der Waals surface area contributed by atoms with E-state index in [9.17, 15) is 19.0 Å². The van der Waals surface area contributed by atoms with Crippen LogP contribution in [0.15, 0.2) is 12.2 Å². The highest BCUT2D eigenvalue weighted by Crippen LogP contribution is 2.43. The molecule has 1 N–H and O–H groups in total. The molecular formula is C39H75O8P. The van der Waals surface area contributed by atoms with Gasteiger partial charge in [0.05, 0.1) is 13.2 Å². The van der Waals surface area contributed by atoms with Gasteiger partial charge in [0, 0.05) is 12.8 Å². The summed E-state index contributed by atoms with van der Waals surface area (Å²) in [7, 11) is -4.27. The van der Waals surface area contributed by atoms with Crippen LogP contribution in [0.3, 0.4) is 0 Å².